The second-order valence-corrected chi connectivity index (χ2v) is 12.8. The number of hydrogen-bond donors (Lipinski definition) is 0. The zero-order valence-corrected chi connectivity index (χ0v) is 22.9. The smallest absolute Gasteiger partial charge is 0.0162 e. The molecule has 0 unspecified atom stereocenters. The molecule has 0 saturated heterocycles. The van der Waals surface area contributed by atoms with Crippen molar-refractivity contribution in [3.8, 4) is 0 Å². The van der Waals surface area contributed by atoms with Crippen molar-refractivity contribution in [1.29, 1.82) is 0 Å². The minimum atomic E-state index is 0.837. The summed E-state index contributed by atoms with van der Waals surface area (Å²) in [6.07, 6.45) is 29.4. The van der Waals surface area contributed by atoms with Crippen LogP contribution in [0.5, 0.6) is 0 Å². The molecule has 0 atom stereocenters. The van der Waals surface area contributed by atoms with E-state index in [4.69, 9.17) is 0 Å². The van der Waals surface area contributed by atoms with Crippen LogP contribution in [0.1, 0.15) is 153 Å². The van der Waals surface area contributed by atoms with E-state index in [2.05, 4.69) is 38.1 Å². The van der Waals surface area contributed by atoms with Crippen molar-refractivity contribution >= 4 is 0 Å². The van der Waals surface area contributed by atoms with Crippen LogP contribution >= 0.6 is 0 Å². The second-order valence-electron chi connectivity index (χ2n) is 12.8. The predicted octanol–water partition coefficient (Wildman–Crippen LogP) is 10.9. The molecule has 3 saturated carbocycles. The van der Waals surface area contributed by atoms with Gasteiger partial charge in [0.15, 0.2) is 0 Å². The summed E-state index contributed by atoms with van der Waals surface area (Å²) in [4.78, 5) is 0. The van der Waals surface area contributed by atoms with Gasteiger partial charge in [0.1, 0.15) is 0 Å². The van der Waals surface area contributed by atoms with Crippen LogP contribution in [-0.4, -0.2) is 0 Å². The molecule has 3 aliphatic rings. The van der Waals surface area contributed by atoms with E-state index in [1.54, 1.807) is 24.0 Å². The van der Waals surface area contributed by atoms with Crippen LogP contribution in [0.3, 0.4) is 0 Å². The van der Waals surface area contributed by atoms with Crippen LogP contribution < -0.4 is 0 Å². The number of benzene rings is 1. The zero-order chi connectivity index (χ0) is 23.6. The molecule has 3 aliphatic carbocycles. The maximum absolute atomic E-state index is 2.49. The van der Waals surface area contributed by atoms with Gasteiger partial charge in [0.25, 0.3) is 0 Å². The summed E-state index contributed by atoms with van der Waals surface area (Å²) in [7, 11) is 0. The molecule has 0 heterocycles. The summed E-state index contributed by atoms with van der Waals surface area (Å²) in [5, 5.41) is 0. The van der Waals surface area contributed by atoms with Gasteiger partial charge in [-0.15, -0.1) is 0 Å². The van der Waals surface area contributed by atoms with Crippen LogP contribution in [-0.2, 0) is 6.42 Å². The molecule has 34 heavy (non-hydrogen) atoms. The summed E-state index contributed by atoms with van der Waals surface area (Å²) in [6, 6.07) is 9.93. The van der Waals surface area contributed by atoms with Crippen molar-refractivity contribution in [2.24, 2.45) is 29.6 Å². The third-order valence-electron chi connectivity index (χ3n) is 10.5. The molecule has 0 aromatic heterocycles. The Kier molecular flexibility index (Phi) is 10.9. The van der Waals surface area contributed by atoms with Crippen LogP contribution in [0, 0.1) is 29.6 Å². The van der Waals surface area contributed by atoms with E-state index in [0.717, 1.165) is 35.5 Å². The van der Waals surface area contributed by atoms with Crippen LogP contribution in [0.4, 0.5) is 0 Å². The lowest BCUT2D eigenvalue weighted by molar-refractivity contribution is 0.141. The average molecular weight is 465 g/mol. The molecule has 192 valence electrons. The van der Waals surface area contributed by atoms with E-state index in [-0.39, 0.29) is 0 Å². The highest BCUT2D eigenvalue weighted by atomic mass is 14.4. The molecule has 0 heteroatoms. The van der Waals surface area contributed by atoms with Crippen LogP contribution in [0.25, 0.3) is 0 Å². The maximum Gasteiger partial charge on any atom is -0.0162 e. The van der Waals surface area contributed by atoms with Gasteiger partial charge in [-0.3, -0.25) is 0 Å². The standard InChI is InChI=1S/C34H56/c1-3-5-6-8-28-13-21-32(22-14-28)34-25-17-30(18-26-34)10-9-29-15-23-33(24-16-29)31-19-11-27(7-4-2)12-20-31/h17-18,25-29,31-33H,3-16,19-24H2,1-2H3/t27-,28-,29-,31-,32-,33-. The average Bonchev–Trinajstić information content (AvgIpc) is 2.89. The molecule has 0 aliphatic heterocycles. The van der Waals surface area contributed by atoms with Gasteiger partial charge in [-0.2, -0.15) is 0 Å². The fraction of sp³-hybridized carbons (Fsp3) is 0.824. The molecule has 0 N–H and O–H groups in total. The Balaban J connectivity index is 1.12. The quantitative estimate of drug-likeness (QED) is 0.286. The molecular formula is C34H56. The fourth-order valence-corrected chi connectivity index (χ4v) is 8.10. The maximum atomic E-state index is 2.49. The lowest BCUT2D eigenvalue weighted by Gasteiger charge is -2.38. The molecule has 4 rings (SSSR count). The second kappa shape index (κ2) is 14.1. The van der Waals surface area contributed by atoms with Gasteiger partial charge in [0, 0.05) is 0 Å². The first-order valence-electron chi connectivity index (χ1n) is 15.8. The summed E-state index contributed by atoms with van der Waals surface area (Å²) in [6.45, 7) is 4.69. The van der Waals surface area contributed by atoms with E-state index < -0.39 is 0 Å². The minimum absolute atomic E-state index is 0.837. The first-order chi connectivity index (χ1) is 16.7. The lowest BCUT2D eigenvalue weighted by Crippen LogP contribution is -2.26. The van der Waals surface area contributed by atoms with Crippen molar-refractivity contribution in [2.45, 2.75) is 148 Å². The topological polar surface area (TPSA) is 0 Å². The van der Waals surface area contributed by atoms with Crippen molar-refractivity contribution in [3.05, 3.63) is 35.4 Å². The van der Waals surface area contributed by atoms with Crippen LogP contribution in [0.2, 0.25) is 0 Å². The Morgan fingerprint density at radius 3 is 1.62 bits per heavy atom. The Hall–Kier alpha value is -0.780. The van der Waals surface area contributed by atoms with Crippen molar-refractivity contribution in [3.63, 3.8) is 0 Å². The Morgan fingerprint density at radius 2 is 1.06 bits per heavy atom. The molecule has 1 aromatic carbocycles. The molecular weight excluding hydrogens is 408 g/mol. The largest absolute Gasteiger partial charge is 0.0654 e. The molecule has 0 nitrogen and oxygen atoms in total. The first kappa shape index (κ1) is 26.3. The zero-order valence-electron chi connectivity index (χ0n) is 22.9. The van der Waals surface area contributed by atoms with Crippen molar-refractivity contribution < 1.29 is 0 Å². The SMILES string of the molecule is CCCCC[C@H]1CC[C@H](c2ccc(CC[C@H]3CC[C@H]([C@H]4CC[C@H](CCC)CC4)CC3)cc2)CC1. The number of aryl methyl sites for hydroxylation is 1. The molecule has 0 radical (unpaired) electrons. The summed E-state index contributed by atoms with van der Waals surface area (Å²) < 4.78 is 0. The summed E-state index contributed by atoms with van der Waals surface area (Å²) >= 11 is 0. The van der Waals surface area contributed by atoms with E-state index >= 15 is 0 Å². The molecule has 0 amide bonds. The van der Waals surface area contributed by atoms with E-state index in [0.29, 0.717) is 0 Å². The van der Waals surface area contributed by atoms with Gasteiger partial charge in [0.05, 0.1) is 0 Å². The van der Waals surface area contributed by atoms with Gasteiger partial charge in [-0.25, -0.2) is 0 Å². The lowest BCUT2D eigenvalue weighted by atomic mass is 9.68. The number of unbranched alkanes of at least 4 members (excludes halogenated alkanes) is 2. The molecule has 0 spiro atoms. The van der Waals surface area contributed by atoms with Gasteiger partial charge < -0.3 is 0 Å². The highest BCUT2D eigenvalue weighted by Gasteiger charge is 2.30. The Bertz CT molecular complexity index is 648. The minimum Gasteiger partial charge on any atom is -0.0654 e. The Morgan fingerprint density at radius 1 is 0.529 bits per heavy atom. The third kappa shape index (κ3) is 7.86. The monoisotopic (exact) mass is 464 g/mol. The Labute approximate surface area is 213 Å². The summed E-state index contributed by atoms with van der Waals surface area (Å²) in [5.41, 5.74) is 3.22. The highest BCUT2D eigenvalue weighted by molar-refractivity contribution is 5.26. The first-order valence-corrected chi connectivity index (χ1v) is 15.8. The fourth-order valence-electron chi connectivity index (χ4n) is 8.10. The van der Waals surface area contributed by atoms with E-state index in [9.17, 15) is 0 Å². The molecule has 0 bridgehead atoms. The van der Waals surface area contributed by atoms with Crippen molar-refractivity contribution in [2.75, 3.05) is 0 Å². The van der Waals surface area contributed by atoms with Crippen LogP contribution in [0.15, 0.2) is 24.3 Å². The highest BCUT2D eigenvalue weighted by Crippen LogP contribution is 2.43. The number of rotatable bonds is 11. The van der Waals surface area contributed by atoms with Crippen molar-refractivity contribution in [1.82, 2.24) is 0 Å². The molecule has 1 aromatic rings. The molecule has 3 fully saturated rings. The van der Waals surface area contributed by atoms with E-state index in [1.807, 2.05) is 0 Å². The normalized spacial score (nSPS) is 32.5. The van der Waals surface area contributed by atoms with Gasteiger partial charge >= 0.3 is 0 Å². The van der Waals surface area contributed by atoms with Gasteiger partial charge in [0.2, 0.25) is 0 Å². The van der Waals surface area contributed by atoms with E-state index in [1.165, 1.54) is 116 Å². The van der Waals surface area contributed by atoms with Gasteiger partial charge in [-0.05, 0) is 111 Å². The third-order valence-corrected chi connectivity index (χ3v) is 10.5. The number of hydrogen-bond acceptors (Lipinski definition) is 0. The van der Waals surface area contributed by atoms with Gasteiger partial charge in [-0.1, -0.05) is 102 Å². The predicted molar refractivity (Wildman–Crippen MR) is 149 cm³/mol. The summed E-state index contributed by atoms with van der Waals surface area (Å²) in [5.74, 6) is 6.06.